The molecule has 5 heteroatoms. The van der Waals surface area contributed by atoms with Gasteiger partial charge in [0.25, 0.3) is 0 Å². The molecule has 0 aliphatic carbocycles. The highest BCUT2D eigenvalue weighted by molar-refractivity contribution is 5.67. The quantitative estimate of drug-likeness (QED) is 0.385. The van der Waals surface area contributed by atoms with Crippen LogP contribution in [-0.4, -0.2) is 28.8 Å². The first kappa shape index (κ1) is 24.5. The SMILES string of the molecule is C#CCCCCCc1cccc(OCCCC(=O)O)c1CCC(=O)O.CC. The van der Waals surface area contributed by atoms with Crippen LogP contribution in [-0.2, 0) is 22.4 Å². The molecule has 0 spiro atoms. The molecule has 1 aromatic rings. The third kappa shape index (κ3) is 11.7. The van der Waals surface area contributed by atoms with E-state index < -0.39 is 11.9 Å². The Bertz CT molecular complexity index is 601. The first-order valence-electron chi connectivity index (χ1n) is 9.65. The summed E-state index contributed by atoms with van der Waals surface area (Å²) in [6, 6.07) is 5.72. The second kappa shape index (κ2) is 15.7. The van der Waals surface area contributed by atoms with E-state index in [0.29, 0.717) is 25.2 Å². The standard InChI is InChI=1S/C20H26O5.C2H6/c1-2-3-4-5-6-9-16-10-7-11-18(17(16)13-14-20(23)24)25-15-8-12-19(21)22;1-2/h1,7,10-11H,3-6,8-9,12-15H2,(H,21,22)(H,23,24);1-2H3. The van der Waals surface area contributed by atoms with Gasteiger partial charge in [0.15, 0.2) is 0 Å². The van der Waals surface area contributed by atoms with Crippen LogP contribution in [0.4, 0.5) is 0 Å². The Morgan fingerprint density at radius 3 is 2.33 bits per heavy atom. The van der Waals surface area contributed by atoms with Crippen molar-refractivity contribution in [1.82, 2.24) is 0 Å². The van der Waals surface area contributed by atoms with Crippen LogP contribution in [0.25, 0.3) is 0 Å². The van der Waals surface area contributed by atoms with Crippen molar-refractivity contribution in [3.8, 4) is 18.1 Å². The summed E-state index contributed by atoms with van der Waals surface area (Å²) >= 11 is 0. The number of carboxylic acids is 2. The Labute approximate surface area is 162 Å². The average Bonchev–Trinajstić information content (AvgIpc) is 2.65. The number of rotatable bonds is 13. The van der Waals surface area contributed by atoms with Gasteiger partial charge in [-0.15, -0.1) is 12.3 Å². The van der Waals surface area contributed by atoms with Gasteiger partial charge in [0.2, 0.25) is 0 Å². The van der Waals surface area contributed by atoms with Crippen LogP contribution >= 0.6 is 0 Å². The third-order valence-electron chi connectivity index (χ3n) is 3.88. The zero-order valence-electron chi connectivity index (χ0n) is 16.5. The van der Waals surface area contributed by atoms with Crippen molar-refractivity contribution in [3.63, 3.8) is 0 Å². The Balaban J connectivity index is 0.00000326. The van der Waals surface area contributed by atoms with Gasteiger partial charge in [0, 0.05) is 19.3 Å². The molecular formula is C22H32O5. The number of carbonyl (C=O) groups is 2. The summed E-state index contributed by atoms with van der Waals surface area (Å²) in [5.74, 6) is 1.59. The lowest BCUT2D eigenvalue weighted by Crippen LogP contribution is -2.07. The van der Waals surface area contributed by atoms with Crippen molar-refractivity contribution in [2.75, 3.05) is 6.61 Å². The summed E-state index contributed by atoms with van der Waals surface area (Å²) < 4.78 is 5.72. The van der Waals surface area contributed by atoms with Crippen LogP contribution in [0, 0.1) is 12.3 Å². The van der Waals surface area contributed by atoms with Crippen LogP contribution < -0.4 is 4.74 Å². The normalized spacial score (nSPS) is 9.67. The molecule has 0 amide bonds. The molecule has 150 valence electrons. The molecule has 0 radical (unpaired) electrons. The number of aryl methyl sites for hydroxylation is 1. The van der Waals surface area contributed by atoms with Crippen LogP contribution in [0.15, 0.2) is 18.2 Å². The van der Waals surface area contributed by atoms with Gasteiger partial charge in [-0.2, -0.15) is 0 Å². The minimum Gasteiger partial charge on any atom is -0.493 e. The molecule has 0 saturated carbocycles. The third-order valence-corrected chi connectivity index (χ3v) is 3.88. The molecule has 1 rings (SSSR count). The lowest BCUT2D eigenvalue weighted by atomic mass is 9.97. The van der Waals surface area contributed by atoms with Crippen molar-refractivity contribution in [3.05, 3.63) is 29.3 Å². The van der Waals surface area contributed by atoms with Crippen LogP contribution in [0.2, 0.25) is 0 Å². The summed E-state index contributed by atoms with van der Waals surface area (Å²) in [5.41, 5.74) is 2.01. The van der Waals surface area contributed by atoms with E-state index in [1.165, 1.54) is 0 Å². The molecular weight excluding hydrogens is 344 g/mol. The first-order chi connectivity index (χ1) is 13.0. The summed E-state index contributed by atoms with van der Waals surface area (Å²) in [7, 11) is 0. The van der Waals surface area contributed by atoms with E-state index in [2.05, 4.69) is 5.92 Å². The van der Waals surface area contributed by atoms with Crippen molar-refractivity contribution in [1.29, 1.82) is 0 Å². The number of ether oxygens (including phenoxy) is 1. The van der Waals surface area contributed by atoms with Gasteiger partial charge in [-0.25, -0.2) is 0 Å². The highest BCUT2D eigenvalue weighted by Crippen LogP contribution is 2.26. The van der Waals surface area contributed by atoms with Crippen LogP contribution in [0.1, 0.15) is 69.9 Å². The molecule has 0 bridgehead atoms. The molecule has 2 N–H and O–H groups in total. The lowest BCUT2D eigenvalue weighted by Gasteiger charge is -2.15. The molecule has 0 unspecified atom stereocenters. The van der Waals surface area contributed by atoms with Crippen LogP contribution in [0.5, 0.6) is 5.75 Å². The van der Waals surface area contributed by atoms with Crippen molar-refractivity contribution < 1.29 is 24.5 Å². The number of terminal acetylenes is 1. The van der Waals surface area contributed by atoms with E-state index in [1.807, 2.05) is 32.0 Å². The van der Waals surface area contributed by atoms with Gasteiger partial charge in [-0.05, 0) is 49.3 Å². The van der Waals surface area contributed by atoms with E-state index >= 15 is 0 Å². The smallest absolute Gasteiger partial charge is 0.303 e. The lowest BCUT2D eigenvalue weighted by molar-refractivity contribution is -0.138. The Morgan fingerprint density at radius 2 is 1.70 bits per heavy atom. The first-order valence-corrected chi connectivity index (χ1v) is 9.65. The van der Waals surface area contributed by atoms with Gasteiger partial charge in [0.1, 0.15) is 5.75 Å². The molecule has 0 aliphatic rings. The Kier molecular flexibility index (Phi) is 14.3. The van der Waals surface area contributed by atoms with E-state index in [0.717, 1.165) is 43.2 Å². The zero-order chi connectivity index (χ0) is 20.5. The minimum absolute atomic E-state index is 0.0413. The van der Waals surface area contributed by atoms with E-state index in [4.69, 9.17) is 21.4 Å². The number of hydrogen-bond acceptors (Lipinski definition) is 3. The van der Waals surface area contributed by atoms with Crippen molar-refractivity contribution in [2.24, 2.45) is 0 Å². The van der Waals surface area contributed by atoms with Gasteiger partial charge in [-0.1, -0.05) is 32.4 Å². The van der Waals surface area contributed by atoms with Gasteiger partial charge >= 0.3 is 11.9 Å². The molecule has 1 aromatic carbocycles. The average molecular weight is 376 g/mol. The Hall–Kier alpha value is -2.48. The molecule has 0 heterocycles. The number of hydrogen-bond donors (Lipinski definition) is 2. The van der Waals surface area contributed by atoms with Crippen molar-refractivity contribution in [2.45, 2.75) is 71.6 Å². The summed E-state index contributed by atoms with van der Waals surface area (Å²) in [6.07, 6.45) is 10.8. The fourth-order valence-electron chi connectivity index (χ4n) is 2.62. The fourth-order valence-corrected chi connectivity index (χ4v) is 2.62. The summed E-state index contributed by atoms with van der Waals surface area (Å²) in [5, 5.41) is 17.7. The molecule has 5 nitrogen and oxygen atoms in total. The topological polar surface area (TPSA) is 83.8 Å². The fraction of sp³-hybridized carbons (Fsp3) is 0.545. The minimum atomic E-state index is -0.851. The predicted molar refractivity (Wildman–Crippen MR) is 107 cm³/mol. The molecule has 0 fully saturated rings. The maximum Gasteiger partial charge on any atom is 0.303 e. The Morgan fingerprint density at radius 1 is 1.00 bits per heavy atom. The van der Waals surface area contributed by atoms with E-state index in [1.54, 1.807) is 0 Å². The largest absolute Gasteiger partial charge is 0.493 e. The molecule has 0 saturated heterocycles. The molecule has 0 aliphatic heterocycles. The summed E-state index contributed by atoms with van der Waals surface area (Å²) in [6.45, 7) is 4.30. The highest BCUT2D eigenvalue weighted by atomic mass is 16.5. The predicted octanol–water partition coefficient (Wildman–Crippen LogP) is 4.71. The van der Waals surface area contributed by atoms with Gasteiger partial charge < -0.3 is 14.9 Å². The molecule has 0 atom stereocenters. The summed E-state index contributed by atoms with van der Waals surface area (Å²) in [4.78, 5) is 21.5. The number of benzene rings is 1. The number of carboxylic acid groups (broad SMARTS) is 2. The van der Waals surface area contributed by atoms with Crippen LogP contribution in [0.3, 0.4) is 0 Å². The zero-order valence-corrected chi connectivity index (χ0v) is 16.5. The number of aliphatic carboxylic acids is 2. The van der Waals surface area contributed by atoms with Gasteiger partial charge in [-0.3, -0.25) is 9.59 Å². The monoisotopic (exact) mass is 376 g/mol. The van der Waals surface area contributed by atoms with Crippen molar-refractivity contribution >= 4 is 11.9 Å². The second-order valence-corrected chi connectivity index (χ2v) is 5.90. The maximum atomic E-state index is 10.9. The second-order valence-electron chi connectivity index (χ2n) is 5.90. The van der Waals surface area contributed by atoms with E-state index in [-0.39, 0.29) is 12.8 Å². The van der Waals surface area contributed by atoms with E-state index in [9.17, 15) is 9.59 Å². The van der Waals surface area contributed by atoms with Gasteiger partial charge in [0.05, 0.1) is 6.61 Å². The molecule has 27 heavy (non-hydrogen) atoms. The molecule has 0 aromatic heterocycles. The highest BCUT2D eigenvalue weighted by Gasteiger charge is 2.12. The number of unbranched alkanes of at least 4 members (excludes halogenated alkanes) is 3. The maximum absolute atomic E-state index is 10.9.